The van der Waals surface area contributed by atoms with Gasteiger partial charge in [-0.05, 0) is 12.1 Å². The molecule has 1 aromatic rings. The van der Waals surface area contributed by atoms with Gasteiger partial charge in [0.15, 0.2) is 0 Å². The quantitative estimate of drug-likeness (QED) is 0.468. The molecule has 0 fully saturated rings. The van der Waals surface area contributed by atoms with E-state index < -0.39 is 10.2 Å². The van der Waals surface area contributed by atoms with Crippen LogP contribution < -0.4 is 9.97 Å². The molecule has 0 atom stereocenters. The molecule has 4 N–H and O–H groups in total. The van der Waals surface area contributed by atoms with Gasteiger partial charge in [0, 0.05) is 5.56 Å². The van der Waals surface area contributed by atoms with Crippen LogP contribution in [0, 0.1) is 0 Å². The van der Waals surface area contributed by atoms with Crippen LogP contribution in [-0.2, 0) is 10.2 Å². The molecule has 7 heteroatoms. The first-order chi connectivity index (χ1) is 6.49. The molecule has 0 heterocycles. The molecule has 14 heavy (non-hydrogen) atoms. The van der Waals surface area contributed by atoms with Gasteiger partial charge >= 0.3 is 10.2 Å². The van der Waals surface area contributed by atoms with Crippen LogP contribution in [0.1, 0.15) is 5.56 Å². The zero-order valence-electron chi connectivity index (χ0n) is 7.08. The number of hydrogen-bond acceptors (Lipinski definition) is 4. The number of nitrogens with zero attached hydrogens (tertiary/aromatic N) is 1. The summed E-state index contributed by atoms with van der Waals surface area (Å²) in [7, 11) is -3.84. The van der Waals surface area contributed by atoms with Gasteiger partial charge in [0.1, 0.15) is 5.75 Å². The number of nitrogens with two attached hydrogens (primary N) is 1. The predicted molar refractivity (Wildman–Crippen MR) is 51.9 cm³/mol. The van der Waals surface area contributed by atoms with E-state index in [1.165, 1.54) is 6.07 Å². The summed E-state index contributed by atoms with van der Waals surface area (Å²) in [4.78, 5) is 1.71. The van der Waals surface area contributed by atoms with E-state index in [1.54, 1.807) is 23.0 Å². The molecule has 1 rings (SSSR count). The standard InChI is InChI=1S/C7H9N3O3S/c8-14(12,13)10-9-5-6-3-1-2-4-7(6)11/h1-5,10-11H,(H2,8,12,13)/b9-5+. The van der Waals surface area contributed by atoms with Gasteiger partial charge in [-0.1, -0.05) is 12.1 Å². The normalized spacial score (nSPS) is 11.8. The lowest BCUT2D eigenvalue weighted by Gasteiger charge is -1.97. The second-order valence-electron chi connectivity index (χ2n) is 2.45. The van der Waals surface area contributed by atoms with Crippen molar-refractivity contribution in [1.29, 1.82) is 0 Å². The maximum absolute atomic E-state index is 10.4. The van der Waals surface area contributed by atoms with E-state index in [0.29, 0.717) is 5.56 Å². The largest absolute Gasteiger partial charge is 0.507 e. The van der Waals surface area contributed by atoms with Crippen LogP contribution in [0.25, 0.3) is 0 Å². The Kier molecular flexibility index (Phi) is 3.05. The van der Waals surface area contributed by atoms with Crippen LogP contribution >= 0.6 is 0 Å². The Hall–Kier alpha value is -1.60. The molecule has 0 aliphatic heterocycles. The molecule has 0 aliphatic rings. The molecule has 0 spiro atoms. The molecule has 0 saturated heterocycles. The van der Waals surface area contributed by atoms with Crippen LogP contribution in [0.4, 0.5) is 0 Å². The van der Waals surface area contributed by atoms with Crippen LogP contribution in [0.2, 0.25) is 0 Å². The zero-order chi connectivity index (χ0) is 10.6. The number of rotatable bonds is 3. The number of phenols is 1. The van der Waals surface area contributed by atoms with E-state index in [0.717, 1.165) is 6.21 Å². The molecule has 6 nitrogen and oxygen atoms in total. The highest BCUT2D eigenvalue weighted by Gasteiger charge is 1.97. The second-order valence-corrected chi connectivity index (χ2v) is 3.73. The lowest BCUT2D eigenvalue weighted by atomic mass is 10.2. The number of hydrazone groups is 1. The number of phenolic OH excluding ortho intramolecular Hbond substituents is 1. The van der Waals surface area contributed by atoms with Gasteiger partial charge in [0.2, 0.25) is 0 Å². The van der Waals surface area contributed by atoms with Crippen molar-refractivity contribution in [1.82, 2.24) is 4.83 Å². The Bertz CT molecular complexity index is 441. The van der Waals surface area contributed by atoms with E-state index in [4.69, 9.17) is 0 Å². The Morgan fingerprint density at radius 3 is 2.64 bits per heavy atom. The summed E-state index contributed by atoms with van der Waals surface area (Å²) >= 11 is 0. The molecular weight excluding hydrogens is 206 g/mol. The van der Waals surface area contributed by atoms with E-state index in [-0.39, 0.29) is 5.75 Å². The minimum Gasteiger partial charge on any atom is -0.507 e. The zero-order valence-corrected chi connectivity index (χ0v) is 7.90. The summed E-state index contributed by atoms with van der Waals surface area (Å²) in [6.45, 7) is 0. The fourth-order valence-corrected chi connectivity index (χ4v) is 0.966. The van der Waals surface area contributed by atoms with E-state index in [2.05, 4.69) is 10.2 Å². The molecule has 1 aromatic carbocycles. The summed E-state index contributed by atoms with van der Waals surface area (Å²) < 4.78 is 20.8. The van der Waals surface area contributed by atoms with Gasteiger partial charge in [-0.2, -0.15) is 18.4 Å². The Labute approximate surface area is 81.2 Å². The lowest BCUT2D eigenvalue weighted by Crippen LogP contribution is -2.26. The minimum atomic E-state index is -3.84. The topological polar surface area (TPSA) is 105 Å². The Morgan fingerprint density at radius 1 is 1.43 bits per heavy atom. The number of aromatic hydroxyl groups is 1. The molecule has 76 valence electrons. The van der Waals surface area contributed by atoms with Crippen molar-refractivity contribution < 1.29 is 13.5 Å². The average molecular weight is 215 g/mol. The van der Waals surface area contributed by atoms with Crippen molar-refractivity contribution in [2.24, 2.45) is 10.2 Å². The molecule has 0 unspecified atom stereocenters. The monoisotopic (exact) mass is 215 g/mol. The van der Waals surface area contributed by atoms with Crippen molar-refractivity contribution in [2.45, 2.75) is 0 Å². The van der Waals surface area contributed by atoms with E-state index >= 15 is 0 Å². The van der Waals surface area contributed by atoms with Gasteiger partial charge < -0.3 is 5.11 Å². The molecule has 0 saturated carbocycles. The average Bonchev–Trinajstić information content (AvgIpc) is 2.06. The van der Waals surface area contributed by atoms with Gasteiger partial charge in [-0.3, -0.25) is 0 Å². The molecule has 0 amide bonds. The Balaban J connectivity index is 2.75. The van der Waals surface area contributed by atoms with E-state index in [1.807, 2.05) is 0 Å². The maximum atomic E-state index is 10.4. The first kappa shape index (κ1) is 10.5. The summed E-state index contributed by atoms with van der Waals surface area (Å²) in [5.41, 5.74) is 0.392. The lowest BCUT2D eigenvalue weighted by molar-refractivity contribution is 0.474. The summed E-state index contributed by atoms with van der Waals surface area (Å²) in [6.07, 6.45) is 1.15. The highest BCUT2D eigenvalue weighted by molar-refractivity contribution is 7.87. The number of hydrogen-bond donors (Lipinski definition) is 3. The van der Waals surface area contributed by atoms with Crippen molar-refractivity contribution in [3.05, 3.63) is 29.8 Å². The highest BCUT2D eigenvalue weighted by Crippen LogP contribution is 2.12. The van der Waals surface area contributed by atoms with Gasteiger partial charge in [-0.25, -0.2) is 5.14 Å². The van der Waals surface area contributed by atoms with Crippen molar-refractivity contribution in [2.75, 3.05) is 0 Å². The predicted octanol–water partition coefficient (Wildman–Crippen LogP) is -0.481. The summed E-state index contributed by atoms with van der Waals surface area (Å²) in [5, 5.41) is 17.2. The van der Waals surface area contributed by atoms with Gasteiger partial charge in [0.25, 0.3) is 0 Å². The third-order valence-corrected chi connectivity index (χ3v) is 1.68. The van der Waals surface area contributed by atoms with Crippen molar-refractivity contribution in [3.63, 3.8) is 0 Å². The van der Waals surface area contributed by atoms with Gasteiger partial charge in [-0.15, -0.1) is 0 Å². The van der Waals surface area contributed by atoms with Crippen LogP contribution in [-0.4, -0.2) is 19.7 Å². The molecular formula is C7H9N3O3S. The highest BCUT2D eigenvalue weighted by atomic mass is 32.2. The summed E-state index contributed by atoms with van der Waals surface area (Å²) in [5.74, 6) is 0.00692. The maximum Gasteiger partial charge on any atom is 0.311 e. The van der Waals surface area contributed by atoms with Crippen molar-refractivity contribution >= 4 is 16.4 Å². The number of para-hydroxylation sites is 1. The fourth-order valence-electron chi connectivity index (χ4n) is 0.766. The third kappa shape index (κ3) is 3.42. The van der Waals surface area contributed by atoms with Crippen LogP contribution in [0.5, 0.6) is 5.75 Å². The molecule has 0 aliphatic carbocycles. The smallest absolute Gasteiger partial charge is 0.311 e. The Morgan fingerprint density at radius 2 is 2.07 bits per heavy atom. The SMILES string of the molecule is NS(=O)(=O)N/N=C/c1ccccc1O. The molecule has 0 aromatic heterocycles. The van der Waals surface area contributed by atoms with Crippen molar-refractivity contribution in [3.8, 4) is 5.75 Å². The van der Waals surface area contributed by atoms with E-state index in [9.17, 15) is 13.5 Å². The third-order valence-electron chi connectivity index (χ3n) is 1.32. The van der Waals surface area contributed by atoms with Gasteiger partial charge in [0.05, 0.1) is 6.21 Å². The summed E-state index contributed by atoms with van der Waals surface area (Å²) in [6, 6.07) is 6.35. The van der Waals surface area contributed by atoms with Crippen LogP contribution in [0.3, 0.4) is 0 Å². The fraction of sp³-hybridized carbons (Fsp3) is 0. The first-order valence-electron chi connectivity index (χ1n) is 3.59. The minimum absolute atomic E-state index is 0.00692. The number of nitrogens with one attached hydrogen (secondary N) is 1. The second kappa shape index (κ2) is 4.07. The van der Waals surface area contributed by atoms with Crippen LogP contribution in [0.15, 0.2) is 29.4 Å². The molecule has 0 bridgehead atoms. The number of benzene rings is 1. The first-order valence-corrected chi connectivity index (χ1v) is 5.14. The molecule has 0 radical (unpaired) electrons.